The van der Waals surface area contributed by atoms with Crippen molar-refractivity contribution in [3.8, 4) is 50.2 Å². The van der Waals surface area contributed by atoms with E-state index in [4.69, 9.17) is 0 Å². The number of rotatable bonds is 6. The molecule has 2 aliphatic rings. The van der Waals surface area contributed by atoms with Crippen molar-refractivity contribution in [3.05, 3.63) is 241 Å². The van der Waals surface area contributed by atoms with Crippen LogP contribution in [0.4, 0.5) is 17.1 Å². The summed E-state index contributed by atoms with van der Waals surface area (Å²) in [6, 6.07) is 81.2. The highest BCUT2D eigenvalue weighted by atomic mass is 15.1. The van der Waals surface area contributed by atoms with Crippen molar-refractivity contribution >= 4 is 49.6 Å². The lowest BCUT2D eigenvalue weighted by Crippen LogP contribution is -2.20. The number of nitrogens with zero attached hydrogens (tertiary/aromatic N) is 2. The molecule has 1 aromatic heterocycles. The number of para-hydroxylation sites is 2. The molecule has 11 aromatic rings. The second-order valence-electron chi connectivity index (χ2n) is 19.3. The van der Waals surface area contributed by atoms with Crippen molar-refractivity contribution in [1.82, 2.24) is 4.57 Å². The average molecular weight is 861 g/mol. The van der Waals surface area contributed by atoms with Gasteiger partial charge in [0.25, 0.3) is 0 Å². The number of fused-ring (bicyclic) bond motifs is 10. The molecule has 1 heterocycles. The largest absolute Gasteiger partial charge is 0.310 e. The molecule has 0 fully saturated rings. The molecule has 2 nitrogen and oxygen atoms in total. The summed E-state index contributed by atoms with van der Waals surface area (Å²) in [5.74, 6) is 0. The number of hydrogen-bond donors (Lipinski definition) is 0. The topological polar surface area (TPSA) is 8.17 Å². The summed E-state index contributed by atoms with van der Waals surface area (Å²) in [6.07, 6.45) is 0. The van der Waals surface area contributed by atoms with Crippen LogP contribution in [0.15, 0.2) is 218 Å². The lowest BCUT2D eigenvalue weighted by atomic mass is 9.79. The fraction of sp³-hybridized carbons (Fsp3) is 0.108. The predicted octanol–water partition coefficient (Wildman–Crippen LogP) is 18.0. The van der Waals surface area contributed by atoms with Gasteiger partial charge in [0.1, 0.15) is 0 Å². The van der Waals surface area contributed by atoms with Crippen molar-refractivity contribution in [2.24, 2.45) is 0 Å². The molecule has 2 heteroatoms. The maximum Gasteiger partial charge on any atom is 0.0546 e. The second-order valence-corrected chi connectivity index (χ2v) is 19.3. The number of aromatic nitrogens is 1. The summed E-state index contributed by atoms with van der Waals surface area (Å²) in [4.78, 5) is 2.49. The fourth-order valence-electron chi connectivity index (χ4n) is 11.9. The Kier molecular flexibility index (Phi) is 9.11. The van der Waals surface area contributed by atoms with Gasteiger partial charge in [-0.05, 0) is 127 Å². The van der Waals surface area contributed by atoms with Gasteiger partial charge in [0.15, 0.2) is 0 Å². The van der Waals surface area contributed by atoms with Crippen molar-refractivity contribution < 1.29 is 0 Å². The third-order valence-corrected chi connectivity index (χ3v) is 14.9. The molecule has 0 saturated carbocycles. The number of benzene rings is 10. The van der Waals surface area contributed by atoms with E-state index >= 15 is 0 Å². The molecule has 0 amide bonds. The standard InChI is InChI=1S/C64H48N2.CH4/c1-63(2)55-26-11-7-19-49(55)53-24-15-23-48(61(53)63)42-33-37-46(38-34-42)65(59-30-16-25-54-50-20-8-12-27-56(50)64(3,4)62(54)59)45-35-31-41(32-36-45)44-39-43-17-5-6-18-47(43)60(40-44)66-57-28-13-9-21-51(57)52-22-10-14-29-58(52)66;/h5-40H,1-4H3;1H4. The van der Waals surface area contributed by atoms with Gasteiger partial charge in [-0.25, -0.2) is 0 Å². The van der Waals surface area contributed by atoms with Crippen LogP contribution in [0.2, 0.25) is 0 Å². The monoisotopic (exact) mass is 860 g/mol. The Morgan fingerprint density at radius 3 is 1.45 bits per heavy atom. The first-order valence-corrected chi connectivity index (χ1v) is 23.3. The number of hydrogen-bond acceptors (Lipinski definition) is 1. The molecule has 0 unspecified atom stereocenters. The molecule has 0 aliphatic heterocycles. The maximum atomic E-state index is 2.49. The third kappa shape index (κ3) is 5.95. The lowest BCUT2D eigenvalue weighted by molar-refractivity contribution is 0.661. The SMILES string of the molecule is C.CC1(C)c2ccccc2-c2cccc(-c3ccc(N(c4ccc(-c5cc(-n6c7ccccc7c7ccccc76)c6ccccc6c5)cc4)c4cccc5c4C(C)(C)c4ccccc4-5)cc3)c21. The zero-order chi connectivity index (χ0) is 44.3. The van der Waals surface area contributed by atoms with Crippen molar-refractivity contribution in [3.63, 3.8) is 0 Å². The summed E-state index contributed by atoms with van der Waals surface area (Å²) in [5.41, 5.74) is 22.5. The molecule has 322 valence electrons. The second kappa shape index (κ2) is 15.1. The number of anilines is 3. The van der Waals surface area contributed by atoms with Crippen molar-refractivity contribution in [2.45, 2.75) is 46.0 Å². The molecular formula is C65H52N2. The quantitative estimate of drug-likeness (QED) is 0.162. The fourth-order valence-corrected chi connectivity index (χ4v) is 11.9. The Bertz CT molecular complexity index is 3700. The van der Waals surface area contributed by atoms with Crippen LogP contribution in [-0.4, -0.2) is 4.57 Å². The minimum absolute atomic E-state index is 0. The van der Waals surface area contributed by atoms with Crippen LogP contribution in [0.5, 0.6) is 0 Å². The Balaban J connectivity index is 0.00000468. The first-order chi connectivity index (χ1) is 32.3. The molecule has 0 bridgehead atoms. The van der Waals surface area contributed by atoms with Crippen LogP contribution in [0, 0.1) is 0 Å². The van der Waals surface area contributed by atoms with E-state index in [0.29, 0.717) is 0 Å². The van der Waals surface area contributed by atoms with Crippen LogP contribution >= 0.6 is 0 Å². The van der Waals surface area contributed by atoms with E-state index in [0.717, 1.165) is 11.4 Å². The highest BCUT2D eigenvalue weighted by Crippen LogP contribution is 2.55. The van der Waals surface area contributed by atoms with Gasteiger partial charge in [0, 0.05) is 38.4 Å². The zero-order valence-electron chi connectivity index (χ0n) is 37.7. The van der Waals surface area contributed by atoms with Gasteiger partial charge in [-0.1, -0.05) is 199 Å². The molecule has 10 aromatic carbocycles. The van der Waals surface area contributed by atoms with Gasteiger partial charge in [-0.2, -0.15) is 0 Å². The predicted molar refractivity (Wildman–Crippen MR) is 286 cm³/mol. The highest BCUT2D eigenvalue weighted by Gasteiger charge is 2.39. The average Bonchev–Trinajstić information content (AvgIpc) is 3.91. The molecule has 0 saturated heterocycles. The Hall–Kier alpha value is -7.94. The molecule has 0 N–H and O–H groups in total. The summed E-state index contributed by atoms with van der Waals surface area (Å²) in [5, 5.41) is 4.98. The van der Waals surface area contributed by atoms with Crippen LogP contribution < -0.4 is 4.90 Å². The zero-order valence-corrected chi connectivity index (χ0v) is 37.7. The van der Waals surface area contributed by atoms with E-state index < -0.39 is 0 Å². The molecular weight excluding hydrogens is 809 g/mol. The minimum atomic E-state index is -0.194. The van der Waals surface area contributed by atoms with E-state index in [1.165, 1.54) is 111 Å². The molecule has 0 spiro atoms. The van der Waals surface area contributed by atoms with Crippen LogP contribution in [0.1, 0.15) is 57.4 Å². The Morgan fingerprint density at radius 1 is 0.358 bits per heavy atom. The molecule has 67 heavy (non-hydrogen) atoms. The maximum absolute atomic E-state index is 2.49. The summed E-state index contributed by atoms with van der Waals surface area (Å²) in [7, 11) is 0. The lowest BCUT2D eigenvalue weighted by Gasteiger charge is -2.32. The summed E-state index contributed by atoms with van der Waals surface area (Å²) in [6.45, 7) is 9.52. The normalized spacial score (nSPS) is 13.8. The van der Waals surface area contributed by atoms with Gasteiger partial charge in [0.2, 0.25) is 0 Å². The van der Waals surface area contributed by atoms with Gasteiger partial charge in [-0.3, -0.25) is 0 Å². The van der Waals surface area contributed by atoms with E-state index in [-0.39, 0.29) is 18.3 Å². The minimum Gasteiger partial charge on any atom is -0.310 e. The van der Waals surface area contributed by atoms with Crippen LogP contribution in [0.25, 0.3) is 82.8 Å². The van der Waals surface area contributed by atoms with Crippen LogP contribution in [0.3, 0.4) is 0 Å². The van der Waals surface area contributed by atoms with Crippen LogP contribution in [-0.2, 0) is 10.8 Å². The van der Waals surface area contributed by atoms with Crippen molar-refractivity contribution in [1.29, 1.82) is 0 Å². The summed E-state index contributed by atoms with van der Waals surface area (Å²) < 4.78 is 2.45. The Morgan fingerprint density at radius 2 is 0.821 bits per heavy atom. The molecule has 0 atom stereocenters. The van der Waals surface area contributed by atoms with Gasteiger partial charge >= 0.3 is 0 Å². The van der Waals surface area contributed by atoms with E-state index in [1.54, 1.807) is 0 Å². The first-order valence-electron chi connectivity index (χ1n) is 23.3. The van der Waals surface area contributed by atoms with E-state index in [1.807, 2.05) is 0 Å². The highest BCUT2D eigenvalue weighted by molar-refractivity contribution is 6.11. The van der Waals surface area contributed by atoms with E-state index in [2.05, 4.69) is 256 Å². The van der Waals surface area contributed by atoms with Gasteiger partial charge < -0.3 is 9.47 Å². The molecule has 0 radical (unpaired) electrons. The molecule has 13 rings (SSSR count). The summed E-state index contributed by atoms with van der Waals surface area (Å²) >= 11 is 0. The smallest absolute Gasteiger partial charge is 0.0546 e. The molecule has 2 aliphatic carbocycles. The first kappa shape index (κ1) is 40.6. The van der Waals surface area contributed by atoms with Crippen molar-refractivity contribution in [2.75, 3.05) is 4.90 Å². The third-order valence-electron chi connectivity index (χ3n) is 14.9. The Labute approximate surface area is 394 Å². The van der Waals surface area contributed by atoms with E-state index in [9.17, 15) is 0 Å². The van der Waals surface area contributed by atoms with Gasteiger partial charge in [0.05, 0.1) is 22.4 Å². The van der Waals surface area contributed by atoms with Gasteiger partial charge in [-0.15, -0.1) is 0 Å².